The maximum Gasteiger partial charge on any atom is 0.361 e. The van der Waals surface area contributed by atoms with Gasteiger partial charge in [-0.3, -0.25) is 0 Å². The third kappa shape index (κ3) is 1.82. The Hall–Kier alpha value is -1.62. The van der Waals surface area contributed by atoms with Crippen LogP contribution >= 0.6 is 11.6 Å². The molecule has 1 N–H and O–H groups in total. The van der Waals surface area contributed by atoms with Gasteiger partial charge in [0.05, 0.1) is 6.54 Å². The van der Waals surface area contributed by atoms with E-state index in [-0.39, 0.29) is 5.69 Å². The van der Waals surface area contributed by atoms with Crippen LogP contribution in [0.3, 0.4) is 0 Å². The maximum atomic E-state index is 11.1. The molecular weight excluding hydrogens is 204 g/mol. The Morgan fingerprint density at radius 1 is 1.50 bits per heavy atom. The van der Waals surface area contributed by atoms with Crippen LogP contribution in [0, 0.1) is 0 Å². The van der Waals surface area contributed by atoms with E-state index in [9.17, 15) is 4.79 Å². The molecule has 0 aliphatic carbocycles. The highest BCUT2D eigenvalue weighted by Crippen LogP contribution is 2.10. The second-order valence-electron chi connectivity index (χ2n) is 2.79. The molecule has 0 saturated carbocycles. The summed E-state index contributed by atoms with van der Waals surface area (Å²) >= 11 is 5.79. The van der Waals surface area contributed by atoms with Crippen LogP contribution in [0.25, 0.3) is 0 Å². The summed E-state index contributed by atoms with van der Waals surface area (Å²) in [7, 11) is 0. The fraction of sp³-hybridized carbons (Fsp3) is 0.125. The van der Waals surface area contributed by atoms with Gasteiger partial charge in [0, 0.05) is 5.02 Å². The molecule has 0 amide bonds. The topological polar surface area (TPSA) is 63.6 Å². The van der Waals surface area contributed by atoms with Gasteiger partial charge < -0.3 is 0 Å². The van der Waals surface area contributed by atoms with Gasteiger partial charge in [-0.15, -0.1) is 0 Å². The number of rotatable bonds is 2. The lowest BCUT2D eigenvalue weighted by molar-refractivity contribution is 0.632. The van der Waals surface area contributed by atoms with Gasteiger partial charge in [-0.1, -0.05) is 23.7 Å². The maximum absolute atomic E-state index is 11.1. The van der Waals surface area contributed by atoms with E-state index in [1.165, 1.54) is 4.68 Å². The van der Waals surface area contributed by atoms with Crippen molar-refractivity contribution in [2.24, 2.45) is 0 Å². The normalized spacial score (nSPS) is 10.4. The van der Waals surface area contributed by atoms with E-state index in [2.05, 4.69) is 15.5 Å². The largest absolute Gasteiger partial charge is 0.361 e. The summed E-state index contributed by atoms with van der Waals surface area (Å²) in [4.78, 5) is 11.1. The zero-order chi connectivity index (χ0) is 9.97. The van der Waals surface area contributed by atoms with Crippen LogP contribution in [0.5, 0.6) is 0 Å². The van der Waals surface area contributed by atoms with E-state index in [4.69, 9.17) is 11.6 Å². The van der Waals surface area contributed by atoms with Crippen LogP contribution in [0.1, 0.15) is 5.56 Å². The molecule has 0 bridgehead atoms. The van der Waals surface area contributed by atoms with Crippen molar-refractivity contribution in [1.82, 2.24) is 20.2 Å². The Balaban J connectivity index is 2.27. The Kier molecular flexibility index (Phi) is 2.32. The number of nitrogens with one attached hydrogen (secondary N) is 1. The van der Waals surface area contributed by atoms with Gasteiger partial charge in [-0.25, -0.2) is 9.89 Å². The average Bonchev–Trinajstić information content (AvgIpc) is 2.52. The van der Waals surface area contributed by atoms with Gasteiger partial charge in [0.1, 0.15) is 0 Å². The van der Waals surface area contributed by atoms with Crippen LogP contribution in [0.4, 0.5) is 0 Å². The number of halogens is 1. The molecule has 0 unspecified atom stereocenters. The van der Waals surface area contributed by atoms with Crippen LogP contribution in [-0.4, -0.2) is 20.2 Å². The molecule has 6 heteroatoms. The average molecular weight is 211 g/mol. The number of nitrogens with zero attached hydrogens (tertiary/aromatic N) is 3. The first kappa shape index (κ1) is 8.96. The molecule has 0 aliphatic heterocycles. The monoisotopic (exact) mass is 210 g/mol. The molecule has 0 spiro atoms. The van der Waals surface area contributed by atoms with E-state index in [1.54, 1.807) is 12.1 Å². The first-order valence-electron chi connectivity index (χ1n) is 3.98. The number of aromatic nitrogens is 4. The zero-order valence-electron chi connectivity index (χ0n) is 7.14. The van der Waals surface area contributed by atoms with E-state index in [0.29, 0.717) is 11.6 Å². The molecule has 0 atom stereocenters. The number of aromatic amines is 1. The standard InChI is InChI=1S/C8H7ClN4O/c9-7-3-1-2-6(4-7)5-13-8(14)10-11-12-13/h1-4H,5H2,(H,10,12,14). The summed E-state index contributed by atoms with van der Waals surface area (Å²) in [5.41, 5.74) is 0.582. The highest BCUT2D eigenvalue weighted by atomic mass is 35.5. The van der Waals surface area contributed by atoms with Crippen molar-refractivity contribution in [2.75, 3.05) is 0 Å². The lowest BCUT2D eigenvalue weighted by Gasteiger charge is -1.99. The fourth-order valence-corrected chi connectivity index (χ4v) is 1.34. The van der Waals surface area contributed by atoms with Crippen molar-refractivity contribution in [3.63, 3.8) is 0 Å². The predicted octanol–water partition coefficient (Wildman–Crippen LogP) is 0.668. The van der Waals surface area contributed by atoms with Crippen molar-refractivity contribution in [3.8, 4) is 0 Å². The number of H-pyrrole nitrogens is 1. The van der Waals surface area contributed by atoms with Gasteiger partial charge in [0.15, 0.2) is 0 Å². The third-order valence-electron chi connectivity index (χ3n) is 1.75. The summed E-state index contributed by atoms with van der Waals surface area (Å²) in [6.45, 7) is 0.371. The first-order valence-corrected chi connectivity index (χ1v) is 4.36. The Morgan fingerprint density at radius 2 is 2.36 bits per heavy atom. The molecule has 0 aliphatic rings. The van der Waals surface area contributed by atoms with Crippen LogP contribution in [0.2, 0.25) is 5.02 Å². The molecule has 14 heavy (non-hydrogen) atoms. The van der Waals surface area contributed by atoms with Crippen molar-refractivity contribution < 1.29 is 0 Å². The smallest absolute Gasteiger partial charge is 0.245 e. The van der Waals surface area contributed by atoms with Crippen LogP contribution < -0.4 is 5.69 Å². The van der Waals surface area contributed by atoms with Gasteiger partial charge in [-0.2, -0.15) is 4.68 Å². The van der Waals surface area contributed by atoms with Crippen LogP contribution in [-0.2, 0) is 6.54 Å². The van der Waals surface area contributed by atoms with Gasteiger partial charge >= 0.3 is 5.69 Å². The van der Waals surface area contributed by atoms with Gasteiger partial charge in [0.2, 0.25) is 0 Å². The molecule has 0 radical (unpaired) electrons. The van der Waals surface area contributed by atoms with E-state index in [0.717, 1.165) is 5.56 Å². The molecule has 2 rings (SSSR count). The highest BCUT2D eigenvalue weighted by molar-refractivity contribution is 6.30. The highest BCUT2D eigenvalue weighted by Gasteiger charge is 2.00. The second-order valence-corrected chi connectivity index (χ2v) is 3.23. The molecule has 1 aromatic heterocycles. The number of tetrazole rings is 1. The molecular formula is C8H7ClN4O. The lowest BCUT2D eigenvalue weighted by atomic mass is 10.2. The summed E-state index contributed by atoms with van der Waals surface area (Å²) in [5.74, 6) is 0. The molecule has 1 heterocycles. The summed E-state index contributed by atoms with van der Waals surface area (Å²) in [6.07, 6.45) is 0. The van der Waals surface area contributed by atoms with Crippen LogP contribution in [0.15, 0.2) is 29.1 Å². The Labute approximate surface area is 84.3 Å². The Bertz CT molecular complexity index is 490. The predicted molar refractivity (Wildman–Crippen MR) is 51.2 cm³/mol. The Morgan fingerprint density at radius 3 is 3.00 bits per heavy atom. The molecule has 72 valence electrons. The second kappa shape index (κ2) is 3.63. The number of benzene rings is 1. The molecule has 2 aromatic rings. The van der Waals surface area contributed by atoms with Gasteiger partial charge in [0.25, 0.3) is 0 Å². The van der Waals surface area contributed by atoms with E-state index in [1.807, 2.05) is 12.1 Å². The van der Waals surface area contributed by atoms with Crippen molar-refractivity contribution in [1.29, 1.82) is 0 Å². The van der Waals surface area contributed by atoms with Crippen molar-refractivity contribution in [3.05, 3.63) is 45.3 Å². The van der Waals surface area contributed by atoms with Crippen molar-refractivity contribution >= 4 is 11.6 Å². The molecule has 0 fully saturated rings. The molecule has 0 saturated heterocycles. The van der Waals surface area contributed by atoms with Gasteiger partial charge in [-0.05, 0) is 28.1 Å². The summed E-state index contributed by atoms with van der Waals surface area (Å²) in [6, 6.07) is 7.25. The first-order chi connectivity index (χ1) is 6.75. The summed E-state index contributed by atoms with van der Waals surface area (Å²) < 4.78 is 1.23. The number of hydrogen-bond acceptors (Lipinski definition) is 3. The third-order valence-corrected chi connectivity index (χ3v) is 1.99. The quantitative estimate of drug-likeness (QED) is 0.793. The minimum atomic E-state index is -0.329. The van der Waals surface area contributed by atoms with E-state index < -0.39 is 0 Å². The minimum Gasteiger partial charge on any atom is -0.245 e. The minimum absolute atomic E-state index is 0.329. The summed E-state index contributed by atoms with van der Waals surface area (Å²) in [5, 5.41) is 9.83. The number of hydrogen-bond donors (Lipinski definition) is 1. The SMILES string of the molecule is O=c1[nH]nnn1Cc1cccc(Cl)c1. The molecule has 5 nitrogen and oxygen atoms in total. The van der Waals surface area contributed by atoms with Crippen molar-refractivity contribution in [2.45, 2.75) is 6.54 Å². The fourth-order valence-electron chi connectivity index (χ4n) is 1.13. The lowest BCUT2D eigenvalue weighted by Crippen LogP contribution is -2.18. The zero-order valence-corrected chi connectivity index (χ0v) is 7.90. The van der Waals surface area contributed by atoms with E-state index >= 15 is 0 Å². The molecule has 1 aromatic carbocycles.